The van der Waals surface area contributed by atoms with Crippen LogP contribution in [0, 0.1) is 6.92 Å². The van der Waals surface area contributed by atoms with Crippen molar-refractivity contribution in [2.45, 2.75) is 19.9 Å². The van der Waals surface area contributed by atoms with Crippen LogP contribution in [0.1, 0.15) is 34.0 Å². The number of nitrogens with zero attached hydrogens (tertiary/aromatic N) is 2. The first-order chi connectivity index (χ1) is 8.56. The van der Waals surface area contributed by atoms with Gasteiger partial charge in [-0.3, -0.25) is 9.78 Å². The molecule has 1 amide bonds. The van der Waals surface area contributed by atoms with Crippen LogP contribution >= 0.6 is 22.9 Å². The van der Waals surface area contributed by atoms with Crippen molar-refractivity contribution in [3.63, 3.8) is 0 Å². The molecule has 94 valence electrons. The fourth-order valence-electron chi connectivity index (χ4n) is 1.41. The number of thiophene rings is 1. The van der Waals surface area contributed by atoms with E-state index in [9.17, 15) is 4.79 Å². The molecule has 4 nitrogen and oxygen atoms in total. The highest BCUT2D eigenvalue weighted by atomic mass is 35.5. The Morgan fingerprint density at radius 2 is 2.17 bits per heavy atom. The summed E-state index contributed by atoms with van der Waals surface area (Å²) in [5.41, 5.74) is 1.10. The molecule has 0 fully saturated rings. The molecule has 0 unspecified atom stereocenters. The number of carbonyl (C=O) groups excluding carboxylic acids is 1. The molecule has 2 aromatic rings. The van der Waals surface area contributed by atoms with Gasteiger partial charge in [0.05, 0.1) is 22.3 Å². The van der Waals surface area contributed by atoms with E-state index in [1.807, 2.05) is 26.0 Å². The van der Waals surface area contributed by atoms with E-state index in [1.165, 1.54) is 17.5 Å². The predicted molar refractivity (Wildman–Crippen MR) is 72.0 cm³/mol. The molecule has 2 rings (SSSR count). The SMILES string of the molecule is Cc1cnc(C(=O)N[C@@H](C)c2ccc(Cl)s2)cn1. The van der Waals surface area contributed by atoms with E-state index in [0.717, 1.165) is 10.6 Å². The van der Waals surface area contributed by atoms with Crippen molar-refractivity contribution in [1.29, 1.82) is 0 Å². The van der Waals surface area contributed by atoms with Crippen LogP contribution in [-0.4, -0.2) is 15.9 Å². The number of amides is 1. The molecule has 1 N–H and O–H groups in total. The van der Waals surface area contributed by atoms with E-state index in [1.54, 1.807) is 6.20 Å². The lowest BCUT2D eigenvalue weighted by Crippen LogP contribution is -2.27. The van der Waals surface area contributed by atoms with Gasteiger partial charge in [0.1, 0.15) is 5.69 Å². The van der Waals surface area contributed by atoms with Crippen LogP contribution in [0.5, 0.6) is 0 Å². The minimum atomic E-state index is -0.237. The molecule has 0 aliphatic carbocycles. The van der Waals surface area contributed by atoms with Gasteiger partial charge < -0.3 is 5.32 Å². The van der Waals surface area contributed by atoms with E-state index < -0.39 is 0 Å². The van der Waals surface area contributed by atoms with Crippen molar-refractivity contribution >= 4 is 28.8 Å². The average molecular weight is 282 g/mol. The first kappa shape index (κ1) is 13.0. The highest BCUT2D eigenvalue weighted by molar-refractivity contribution is 7.16. The Balaban J connectivity index is 2.05. The monoisotopic (exact) mass is 281 g/mol. The fourth-order valence-corrected chi connectivity index (χ4v) is 2.48. The number of rotatable bonds is 3. The Labute approximate surface area is 114 Å². The van der Waals surface area contributed by atoms with Gasteiger partial charge in [0.2, 0.25) is 0 Å². The van der Waals surface area contributed by atoms with Gasteiger partial charge in [-0.25, -0.2) is 4.98 Å². The summed E-state index contributed by atoms with van der Waals surface area (Å²) in [6.45, 7) is 3.73. The Morgan fingerprint density at radius 3 is 2.72 bits per heavy atom. The standard InChI is InChI=1S/C12H12ClN3OS/c1-7-5-15-9(6-14-7)12(17)16-8(2)10-3-4-11(13)18-10/h3-6,8H,1-2H3,(H,16,17)/t8-/m0/s1. The Hall–Kier alpha value is -1.46. The number of carbonyl (C=O) groups is 1. The second-order valence-electron chi connectivity index (χ2n) is 3.88. The zero-order valence-corrected chi connectivity index (χ0v) is 11.5. The molecule has 2 heterocycles. The highest BCUT2D eigenvalue weighted by Gasteiger charge is 2.14. The van der Waals surface area contributed by atoms with E-state index in [0.29, 0.717) is 10.0 Å². The summed E-state index contributed by atoms with van der Waals surface area (Å²) < 4.78 is 0.709. The first-order valence-electron chi connectivity index (χ1n) is 5.41. The molecular weight excluding hydrogens is 270 g/mol. The number of aryl methyl sites for hydroxylation is 1. The summed E-state index contributed by atoms with van der Waals surface area (Å²) in [4.78, 5) is 21.0. The zero-order chi connectivity index (χ0) is 13.1. The van der Waals surface area contributed by atoms with Crippen LogP contribution in [0.3, 0.4) is 0 Å². The summed E-state index contributed by atoms with van der Waals surface area (Å²) in [7, 11) is 0. The molecule has 2 aromatic heterocycles. The topological polar surface area (TPSA) is 54.9 Å². The van der Waals surface area contributed by atoms with E-state index in [4.69, 9.17) is 11.6 Å². The smallest absolute Gasteiger partial charge is 0.271 e. The molecule has 0 bridgehead atoms. The summed E-state index contributed by atoms with van der Waals surface area (Å²) in [6, 6.07) is 3.62. The lowest BCUT2D eigenvalue weighted by Gasteiger charge is -2.11. The lowest BCUT2D eigenvalue weighted by atomic mass is 10.2. The number of hydrogen-bond donors (Lipinski definition) is 1. The molecule has 0 spiro atoms. The maximum atomic E-state index is 11.9. The van der Waals surface area contributed by atoms with Gasteiger partial charge in [0.25, 0.3) is 5.91 Å². The maximum absolute atomic E-state index is 11.9. The van der Waals surface area contributed by atoms with Gasteiger partial charge in [-0.05, 0) is 26.0 Å². The number of halogens is 1. The fraction of sp³-hybridized carbons (Fsp3) is 0.250. The normalized spacial score (nSPS) is 12.2. The summed E-state index contributed by atoms with van der Waals surface area (Å²) in [6.07, 6.45) is 3.04. The summed E-state index contributed by atoms with van der Waals surface area (Å²) in [5, 5.41) is 2.86. The number of nitrogens with one attached hydrogen (secondary N) is 1. The Morgan fingerprint density at radius 1 is 1.39 bits per heavy atom. The van der Waals surface area contributed by atoms with E-state index in [2.05, 4.69) is 15.3 Å². The van der Waals surface area contributed by atoms with Crippen molar-refractivity contribution in [3.8, 4) is 0 Å². The third-order valence-electron chi connectivity index (χ3n) is 2.38. The van der Waals surface area contributed by atoms with Gasteiger partial charge in [0, 0.05) is 11.1 Å². The zero-order valence-electron chi connectivity index (χ0n) is 9.98. The molecule has 0 radical (unpaired) electrons. The van der Waals surface area contributed by atoms with Gasteiger partial charge >= 0.3 is 0 Å². The molecule has 6 heteroatoms. The van der Waals surface area contributed by atoms with Gasteiger partial charge in [0.15, 0.2) is 0 Å². The van der Waals surface area contributed by atoms with Crippen LogP contribution in [0.2, 0.25) is 4.34 Å². The summed E-state index contributed by atoms with van der Waals surface area (Å²) >= 11 is 7.31. The molecular formula is C12H12ClN3OS. The second-order valence-corrected chi connectivity index (χ2v) is 5.63. The van der Waals surface area contributed by atoms with Crippen LogP contribution in [0.25, 0.3) is 0 Å². The molecule has 0 saturated carbocycles. The minimum absolute atomic E-state index is 0.0990. The second kappa shape index (κ2) is 5.46. The van der Waals surface area contributed by atoms with Crippen molar-refractivity contribution < 1.29 is 4.79 Å². The third kappa shape index (κ3) is 3.05. The van der Waals surface area contributed by atoms with E-state index in [-0.39, 0.29) is 11.9 Å². The third-order valence-corrected chi connectivity index (χ3v) is 3.80. The Kier molecular flexibility index (Phi) is 3.93. The van der Waals surface area contributed by atoms with Crippen molar-refractivity contribution in [2.24, 2.45) is 0 Å². The molecule has 1 atom stereocenters. The average Bonchev–Trinajstić information content (AvgIpc) is 2.76. The molecule has 0 aliphatic rings. The van der Waals surface area contributed by atoms with E-state index >= 15 is 0 Å². The Bertz CT molecular complexity index is 553. The van der Waals surface area contributed by atoms with Gasteiger partial charge in [-0.1, -0.05) is 11.6 Å². The predicted octanol–water partition coefficient (Wildman–Crippen LogP) is 2.99. The van der Waals surface area contributed by atoms with Crippen LogP contribution in [-0.2, 0) is 0 Å². The van der Waals surface area contributed by atoms with Gasteiger partial charge in [-0.15, -0.1) is 11.3 Å². The molecule has 0 aromatic carbocycles. The number of aromatic nitrogens is 2. The summed E-state index contributed by atoms with van der Waals surface area (Å²) in [5.74, 6) is -0.237. The van der Waals surface area contributed by atoms with Crippen LogP contribution in [0.4, 0.5) is 0 Å². The van der Waals surface area contributed by atoms with Gasteiger partial charge in [-0.2, -0.15) is 0 Å². The molecule has 0 aliphatic heterocycles. The highest BCUT2D eigenvalue weighted by Crippen LogP contribution is 2.26. The molecule has 18 heavy (non-hydrogen) atoms. The first-order valence-corrected chi connectivity index (χ1v) is 6.60. The van der Waals surface area contributed by atoms with Crippen molar-refractivity contribution in [1.82, 2.24) is 15.3 Å². The lowest BCUT2D eigenvalue weighted by molar-refractivity contribution is 0.0935. The molecule has 0 saturated heterocycles. The number of hydrogen-bond acceptors (Lipinski definition) is 4. The van der Waals surface area contributed by atoms with Crippen LogP contribution in [0.15, 0.2) is 24.5 Å². The largest absolute Gasteiger partial charge is 0.343 e. The minimum Gasteiger partial charge on any atom is -0.343 e. The van der Waals surface area contributed by atoms with Crippen molar-refractivity contribution in [2.75, 3.05) is 0 Å². The van der Waals surface area contributed by atoms with Crippen molar-refractivity contribution in [3.05, 3.63) is 45.1 Å². The quantitative estimate of drug-likeness (QED) is 0.941. The van der Waals surface area contributed by atoms with Crippen LogP contribution < -0.4 is 5.32 Å². The maximum Gasteiger partial charge on any atom is 0.271 e.